The zero-order chi connectivity index (χ0) is 15.2. The number of ether oxygens (including phenoxy) is 2. The van der Waals surface area contributed by atoms with E-state index in [-0.39, 0.29) is 0 Å². The number of thiazole rings is 1. The topological polar surface area (TPSA) is 48.1 Å². The van der Waals surface area contributed by atoms with Crippen LogP contribution in [0.4, 0.5) is 0 Å². The van der Waals surface area contributed by atoms with Crippen LogP contribution in [-0.2, 0) is 0 Å². The SMILES string of the molecule is CCN=c1scc(C)n1N=Cc1cc(OC)ccc1OC. The van der Waals surface area contributed by atoms with Gasteiger partial charge in [-0.3, -0.25) is 4.99 Å². The minimum absolute atomic E-state index is 0.734. The Balaban J connectivity index is 2.42. The molecule has 0 aliphatic carbocycles. The van der Waals surface area contributed by atoms with Gasteiger partial charge in [0.1, 0.15) is 11.5 Å². The van der Waals surface area contributed by atoms with E-state index < -0.39 is 0 Å². The number of rotatable bonds is 5. The van der Waals surface area contributed by atoms with Crippen LogP contribution < -0.4 is 14.3 Å². The van der Waals surface area contributed by atoms with E-state index >= 15 is 0 Å². The largest absolute Gasteiger partial charge is 0.497 e. The Bertz CT molecular complexity index is 701. The van der Waals surface area contributed by atoms with Gasteiger partial charge in [0.25, 0.3) is 0 Å². The third kappa shape index (κ3) is 3.52. The van der Waals surface area contributed by atoms with Gasteiger partial charge in [-0.15, -0.1) is 11.3 Å². The van der Waals surface area contributed by atoms with Gasteiger partial charge in [0.15, 0.2) is 0 Å². The first-order valence-corrected chi connectivity index (χ1v) is 7.51. The highest BCUT2D eigenvalue weighted by Crippen LogP contribution is 2.22. The molecule has 0 bridgehead atoms. The normalized spacial score (nSPS) is 12.1. The van der Waals surface area contributed by atoms with Crippen LogP contribution in [0.3, 0.4) is 0 Å². The Hall–Kier alpha value is -2.08. The van der Waals surface area contributed by atoms with E-state index in [0.29, 0.717) is 0 Å². The summed E-state index contributed by atoms with van der Waals surface area (Å²) < 4.78 is 12.4. The first kappa shape index (κ1) is 15.3. The molecule has 2 rings (SSSR count). The molecule has 0 saturated carbocycles. The van der Waals surface area contributed by atoms with Crippen molar-refractivity contribution in [2.45, 2.75) is 13.8 Å². The second-order valence-corrected chi connectivity index (χ2v) is 5.13. The number of methoxy groups -OCH3 is 2. The fraction of sp³-hybridized carbons (Fsp3) is 0.333. The highest BCUT2D eigenvalue weighted by Gasteiger charge is 2.04. The smallest absolute Gasteiger partial charge is 0.205 e. The maximum atomic E-state index is 5.35. The van der Waals surface area contributed by atoms with Crippen molar-refractivity contribution in [2.75, 3.05) is 20.8 Å². The van der Waals surface area contributed by atoms with Crippen LogP contribution in [0, 0.1) is 6.92 Å². The van der Waals surface area contributed by atoms with Gasteiger partial charge >= 0.3 is 0 Å². The van der Waals surface area contributed by atoms with Gasteiger partial charge in [-0.2, -0.15) is 5.10 Å². The summed E-state index contributed by atoms with van der Waals surface area (Å²) in [6.07, 6.45) is 1.76. The highest BCUT2D eigenvalue weighted by atomic mass is 32.1. The summed E-state index contributed by atoms with van der Waals surface area (Å²) in [5.41, 5.74) is 1.91. The molecule has 5 nitrogen and oxygen atoms in total. The van der Waals surface area contributed by atoms with Gasteiger partial charge < -0.3 is 9.47 Å². The van der Waals surface area contributed by atoms with Gasteiger partial charge in [0.2, 0.25) is 4.80 Å². The van der Waals surface area contributed by atoms with E-state index in [9.17, 15) is 0 Å². The molecule has 0 N–H and O–H groups in total. The van der Waals surface area contributed by atoms with Gasteiger partial charge in [0.05, 0.1) is 26.1 Å². The van der Waals surface area contributed by atoms with E-state index in [0.717, 1.165) is 34.1 Å². The molecular formula is C15H19N3O2S. The molecule has 0 radical (unpaired) electrons. The Labute approximate surface area is 128 Å². The van der Waals surface area contributed by atoms with E-state index in [1.165, 1.54) is 0 Å². The van der Waals surface area contributed by atoms with Crippen LogP contribution in [0.2, 0.25) is 0 Å². The average Bonchev–Trinajstić information content (AvgIpc) is 2.85. The second-order valence-electron chi connectivity index (χ2n) is 4.30. The van der Waals surface area contributed by atoms with Crippen LogP contribution in [0.15, 0.2) is 33.7 Å². The van der Waals surface area contributed by atoms with Crippen molar-refractivity contribution in [3.05, 3.63) is 39.6 Å². The molecule has 0 aliphatic heterocycles. The number of hydrogen-bond acceptors (Lipinski definition) is 5. The van der Waals surface area contributed by atoms with Crippen LogP contribution in [0.5, 0.6) is 11.5 Å². The van der Waals surface area contributed by atoms with Crippen LogP contribution in [0.25, 0.3) is 0 Å². The summed E-state index contributed by atoms with van der Waals surface area (Å²) in [4.78, 5) is 5.31. The molecule has 21 heavy (non-hydrogen) atoms. The Morgan fingerprint density at radius 1 is 1.29 bits per heavy atom. The number of hydrogen-bond donors (Lipinski definition) is 0. The average molecular weight is 305 g/mol. The summed E-state index contributed by atoms with van der Waals surface area (Å²) in [6.45, 7) is 4.75. The lowest BCUT2D eigenvalue weighted by molar-refractivity contribution is 0.402. The molecule has 112 valence electrons. The quantitative estimate of drug-likeness (QED) is 0.797. The van der Waals surface area contributed by atoms with Gasteiger partial charge in [-0.1, -0.05) is 0 Å². The number of aromatic nitrogens is 1. The first-order chi connectivity index (χ1) is 10.2. The van der Waals surface area contributed by atoms with E-state index in [2.05, 4.69) is 10.1 Å². The van der Waals surface area contributed by atoms with E-state index in [1.54, 1.807) is 31.8 Å². The molecule has 0 spiro atoms. The standard InChI is InChI=1S/C15H19N3O2S/c1-5-16-15-18(11(2)10-21-15)17-9-12-8-13(19-3)6-7-14(12)20-4/h6-10H,5H2,1-4H3. The van der Waals surface area contributed by atoms with Crippen LogP contribution in [0.1, 0.15) is 18.2 Å². The van der Waals surface area contributed by atoms with Crippen molar-refractivity contribution in [1.29, 1.82) is 0 Å². The highest BCUT2D eigenvalue weighted by molar-refractivity contribution is 7.07. The molecule has 1 heterocycles. The lowest BCUT2D eigenvalue weighted by Crippen LogP contribution is -2.12. The van der Waals surface area contributed by atoms with Crippen molar-refractivity contribution in [2.24, 2.45) is 10.1 Å². The zero-order valence-electron chi connectivity index (χ0n) is 12.7. The number of aryl methyl sites for hydroxylation is 1. The molecule has 0 fully saturated rings. The number of benzene rings is 1. The van der Waals surface area contributed by atoms with Crippen LogP contribution in [-0.4, -0.2) is 31.7 Å². The summed E-state index contributed by atoms with van der Waals surface area (Å²) in [7, 11) is 3.28. The Kier molecular flexibility index (Phi) is 5.16. The predicted molar refractivity (Wildman–Crippen MR) is 85.7 cm³/mol. The molecule has 0 unspecified atom stereocenters. The summed E-state index contributed by atoms with van der Waals surface area (Å²) in [5, 5.41) is 6.55. The molecule has 0 amide bonds. The van der Waals surface area contributed by atoms with Gasteiger partial charge in [-0.05, 0) is 32.0 Å². The lowest BCUT2D eigenvalue weighted by atomic mass is 10.2. The third-order valence-corrected chi connectivity index (χ3v) is 3.86. The maximum absolute atomic E-state index is 5.35. The second kappa shape index (κ2) is 7.08. The molecule has 0 atom stereocenters. The predicted octanol–water partition coefficient (Wildman–Crippen LogP) is 2.68. The molecule has 0 saturated heterocycles. The summed E-state index contributed by atoms with van der Waals surface area (Å²) in [6, 6.07) is 5.61. The van der Waals surface area contributed by atoms with Gasteiger partial charge in [-0.25, -0.2) is 4.68 Å². The molecule has 0 aliphatic rings. The fourth-order valence-corrected chi connectivity index (χ4v) is 2.70. The Morgan fingerprint density at radius 2 is 2.10 bits per heavy atom. The summed E-state index contributed by atoms with van der Waals surface area (Å²) in [5.74, 6) is 1.52. The van der Waals surface area contributed by atoms with Crippen molar-refractivity contribution in [1.82, 2.24) is 4.68 Å². The fourth-order valence-electron chi connectivity index (χ4n) is 1.83. The molecule has 1 aromatic carbocycles. The van der Waals surface area contributed by atoms with Crippen molar-refractivity contribution < 1.29 is 9.47 Å². The van der Waals surface area contributed by atoms with E-state index in [1.807, 2.05) is 42.1 Å². The Morgan fingerprint density at radius 3 is 2.76 bits per heavy atom. The molecular weight excluding hydrogens is 286 g/mol. The van der Waals surface area contributed by atoms with Crippen molar-refractivity contribution in [3.8, 4) is 11.5 Å². The third-order valence-electron chi connectivity index (χ3n) is 2.89. The first-order valence-electron chi connectivity index (χ1n) is 6.63. The van der Waals surface area contributed by atoms with Crippen molar-refractivity contribution in [3.63, 3.8) is 0 Å². The molecule has 2 aromatic rings. The maximum Gasteiger partial charge on any atom is 0.205 e. The molecule has 1 aromatic heterocycles. The van der Waals surface area contributed by atoms with Crippen LogP contribution >= 0.6 is 11.3 Å². The monoisotopic (exact) mass is 305 g/mol. The van der Waals surface area contributed by atoms with E-state index in [4.69, 9.17) is 9.47 Å². The lowest BCUT2D eigenvalue weighted by Gasteiger charge is -2.07. The minimum Gasteiger partial charge on any atom is -0.497 e. The minimum atomic E-state index is 0.734. The zero-order valence-corrected chi connectivity index (χ0v) is 13.5. The molecule has 6 heteroatoms. The van der Waals surface area contributed by atoms with Gasteiger partial charge in [0, 0.05) is 17.5 Å². The number of nitrogens with zero attached hydrogens (tertiary/aromatic N) is 3. The van der Waals surface area contributed by atoms with Crippen molar-refractivity contribution >= 4 is 17.6 Å². The summed E-state index contributed by atoms with van der Waals surface area (Å²) >= 11 is 1.58.